The van der Waals surface area contributed by atoms with E-state index in [0.717, 1.165) is 6.54 Å². The molecular formula is C11H23N3O2. The largest absolute Gasteiger partial charge is 0.377 e. The van der Waals surface area contributed by atoms with Crippen LogP contribution in [-0.4, -0.2) is 37.7 Å². The highest BCUT2D eigenvalue weighted by atomic mass is 16.5. The Morgan fingerprint density at radius 1 is 1.38 bits per heavy atom. The molecule has 16 heavy (non-hydrogen) atoms. The van der Waals surface area contributed by atoms with Gasteiger partial charge in [-0.25, -0.2) is 0 Å². The zero-order chi connectivity index (χ0) is 11.8. The van der Waals surface area contributed by atoms with Gasteiger partial charge in [-0.2, -0.15) is 0 Å². The summed E-state index contributed by atoms with van der Waals surface area (Å²) in [5, 5.41) is 3.06. The first-order chi connectivity index (χ1) is 7.70. The highest BCUT2D eigenvalue weighted by molar-refractivity contribution is 5.79. The van der Waals surface area contributed by atoms with E-state index in [1.54, 1.807) is 0 Å². The van der Waals surface area contributed by atoms with Gasteiger partial charge in [0.05, 0.1) is 18.8 Å². The standard InChI is InChI=1S/C11H23N3O2/c12-10(11(13)15)8-14-6-7-16-9-4-2-1-3-5-9/h9-10,14H,1-8,12H2,(H2,13,15). The molecule has 5 heteroatoms. The van der Waals surface area contributed by atoms with Crippen LogP contribution in [0.4, 0.5) is 0 Å². The van der Waals surface area contributed by atoms with E-state index < -0.39 is 11.9 Å². The van der Waals surface area contributed by atoms with Gasteiger partial charge in [0.1, 0.15) is 0 Å². The lowest BCUT2D eigenvalue weighted by molar-refractivity contribution is -0.119. The highest BCUT2D eigenvalue weighted by Gasteiger charge is 2.13. The monoisotopic (exact) mass is 229 g/mol. The number of ether oxygens (including phenoxy) is 1. The van der Waals surface area contributed by atoms with Crippen LogP contribution in [0.5, 0.6) is 0 Å². The van der Waals surface area contributed by atoms with Crippen LogP contribution in [0.2, 0.25) is 0 Å². The molecule has 0 spiro atoms. The highest BCUT2D eigenvalue weighted by Crippen LogP contribution is 2.19. The molecule has 1 fully saturated rings. The van der Waals surface area contributed by atoms with Gasteiger partial charge in [-0.05, 0) is 12.8 Å². The zero-order valence-corrected chi connectivity index (χ0v) is 9.78. The Balaban J connectivity index is 1.93. The van der Waals surface area contributed by atoms with Crippen LogP contribution in [0.15, 0.2) is 0 Å². The Hall–Kier alpha value is -0.650. The number of hydrogen-bond acceptors (Lipinski definition) is 4. The molecule has 1 atom stereocenters. The minimum absolute atomic E-state index is 0.420. The summed E-state index contributed by atoms with van der Waals surface area (Å²) in [4.78, 5) is 10.6. The SMILES string of the molecule is NC(=O)C(N)CNCCOC1CCCCC1. The van der Waals surface area contributed by atoms with E-state index in [-0.39, 0.29) is 0 Å². The first kappa shape index (κ1) is 13.4. The van der Waals surface area contributed by atoms with Crippen molar-refractivity contribution in [3.05, 3.63) is 0 Å². The number of amides is 1. The maximum absolute atomic E-state index is 10.6. The van der Waals surface area contributed by atoms with Gasteiger partial charge in [0, 0.05) is 13.1 Å². The third-order valence-electron chi connectivity index (χ3n) is 2.91. The van der Waals surface area contributed by atoms with E-state index in [2.05, 4.69) is 5.32 Å². The second-order valence-electron chi connectivity index (χ2n) is 4.34. The van der Waals surface area contributed by atoms with Crippen molar-refractivity contribution in [1.82, 2.24) is 5.32 Å². The minimum Gasteiger partial charge on any atom is -0.377 e. The Bertz CT molecular complexity index is 205. The predicted octanol–water partition coefficient (Wildman–Crippen LogP) is -0.262. The second kappa shape index (κ2) is 7.60. The van der Waals surface area contributed by atoms with Crippen LogP contribution >= 0.6 is 0 Å². The van der Waals surface area contributed by atoms with E-state index in [0.29, 0.717) is 19.3 Å². The molecule has 94 valence electrons. The van der Waals surface area contributed by atoms with Crippen molar-refractivity contribution in [1.29, 1.82) is 0 Å². The first-order valence-electron chi connectivity index (χ1n) is 6.07. The summed E-state index contributed by atoms with van der Waals surface area (Å²) < 4.78 is 5.71. The molecule has 1 aliphatic rings. The summed E-state index contributed by atoms with van der Waals surface area (Å²) >= 11 is 0. The number of primary amides is 1. The van der Waals surface area contributed by atoms with Gasteiger partial charge in [0.15, 0.2) is 0 Å². The van der Waals surface area contributed by atoms with Crippen LogP contribution in [0, 0.1) is 0 Å². The molecule has 0 saturated heterocycles. The Kier molecular flexibility index (Phi) is 6.37. The normalized spacial score (nSPS) is 19.6. The summed E-state index contributed by atoms with van der Waals surface area (Å²) in [6, 6.07) is -0.602. The molecule has 0 aromatic heterocycles. The van der Waals surface area contributed by atoms with Crippen LogP contribution in [0.25, 0.3) is 0 Å². The van der Waals surface area contributed by atoms with Gasteiger partial charge in [0.2, 0.25) is 5.91 Å². The molecule has 1 rings (SSSR count). The van der Waals surface area contributed by atoms with Gasteiger partial charge >= 0.3 is 0 Å². The molecular weight excluding hydrogens is 206 g/mol. The number of carbonyl (C=O) groups excluding carboxylic acids is 1. The molecule has 1 unspecified atom stereocenters. The van der Waals surface area contributed by atoms with Crippen LogP contribution in [0.1, 0.15) is 32.1 Å². The lowest BCUT2D eigenvalue weighted by atomic mass is 9.98. The maximum atomic E-state index is 10.6. The quantitative estimate of drug-likeness (QED) is 0.524. The predicted molar refractivity (Wildman–Crippen MR) is 62.9 cm³/mol. The molecule has 0 heterocycles. The zero-order valence-electron chi connectivity index (χ0n) is 9.78. The van der Waals surface area contributed by atoms with E-state index in [9.17, 15) is 4.79 Å². The lowest BCUT2D eigenvalue weighted by Crippen LogP contribution is -2.45. The molecule has 1 aliphatic carbocycles. The molecule has 0 radical (unpaired) electrons. The average molecular weight is 229 g/mol. The molecule has 0 aromatic rings. The minimum atomic E-state index is -0.602. The summed E-state index contributed by atoms with van der Waals surface area (Å²) in [5.74, 6) is -0.472. The fraction of sp³-hybridized carbons (Fsp3) is 0.909. The average Bonchev–Trinajstić information content (AvgIpc) is 2.29. The summed E-state index contributed by atoms with van der Waals surface area (Å²) in [6.45, 7) is 1.82. The molecule has 0 aromatic carbocycles. The molecule has 1 saturated carbocycles. The van der Waals surface area contributed by atoms with E-state index in [1.165, 1.54) is 32.1 Å². The number of carbonyl (C=O) groups is 1. The van der Waals surface area contributed by atoms with Crippen molar-refractivity contribution in [3.8, 4) is 0 Å². The Morgan fingerprint density at radius 3 is 2.69 bits per heavy atom. The second-order valence-corrected chi connectivity index (χ2v) is 4.34. The van der Waals surface area contributed by atoms with Crippen molar-refractivity contribution < 1.29 is 9.53 Å². The fourth-order valence-electron chi connectivity index (χ4n) is 1.89. The number of nitrogens with two attached hydrogens (primary N) is 2. The van der Waals surface area contributed by atoms with Crippen molar-refractivity contribution in [2.75, 3.05) is 19.7 Å². The van der Waals surface area contributed by atoms with Gasteiger partial charge < -0.3 is 21.5 Å². The summed E-state index contributed by atoms with van der Waals surface area (Å²) in [5.41, 5.74) is 10.5. The van der Waals surface area contributed by atoms with E-state index >= 15 is 0 Å². The number of rotatable bonds is 7. The first-order valence-corrected chi connectivity index (χ1v) is 6.07. The van der Waals surface area contributed by atoms with E-state index in [1.807, 2.05) is 0 Å². The molecule has 5 N–H and O–H groups in total. The third kappa shape index (κ3) is 5.44. The van der Waals surface area contributed by atoms with Crippen molar-refractivity contribution >= 4 is 5.91 Å². The smallest absolute Gasteiger partial charge is 0.235 e. The molecule has 0 aliphatic heterocycles. The fourth-order valence-corrected chi connectivity index (χ4v) is 1.89. The van der Waals surface area contributed by atoms with Gasteiger partial charge in [-0.1, -0.05) is 19.3 Å². The molecule has 5 nitrogen and oxygen atoms in total. The summed E-state index contributed by atoms with van der Waals surface area (Å²) in [6.07, 6.45) is 6.70. The topological polar surface area (TPSA) is 90.4 Å². The van der Waals surface area contributed by atoms with Gasteiger partial charge in [0.25, 0.3) is 0 Å². The van der Waals surface area contributed by atoms with Crippen molar-refractivity contribution in [3.63, 3.8) is 0 Å². The van der Waals surface area contributed by atoms with E-state index in [4.69, 9.17) is 16.2 Å². The van der Waals surface area contributed by atoms with Crippen LogP contribution in [0.3, 0.4) is 0 Å². The Morgan fingerprint density at radius 2 is 2.06 bits per heavy atom. The van der Waals surface area contributed by atoms with Crippen molar-refractivity contribution in [2.45, 2.75) is 44.2 Å². The number of nitrogens with one attached hydrogen (secondary N) is 1. The van der Waals surface area contributed by atoms with Crippen LogP contribution in [-0.2, 0) is 9.53 Å². The molecule has 1 amide bonds. The summed E-state index contributed by atoms with van der Waals surface area (Å²) in [7, 11) is 0. The molecule has 0 bridgehead atoms. The lowest BCUT2D eigenvalue weighted by Gasteiger charge is -2.22. The number of hydrogen-bond donors (Lipinski definition) is 3. The Labute approximate surface area is 96.9 Å². The van der Waals surface area contributed by atoms with Gasteiger partial charge in [-0.15, -0.1) is 0 Å². The van der Waals surface area contributed by atoms with Crippen LogP contribution < -0.4 is 16.8 Å². The van der Waals surface area contributed by atoms with Gasteiger partial charge in [-0.3, -0.25) is 4.79 Å². The maximum Gasteiger partial charge on any atom is 0.235 e. The third-order valence-corrected chi connectivity index (χ3v) is 2.91. The van der Waals surface area contributed by atoms with Crippen molar-refractivity contribution in [2.24, 2.45) is 11.5 Å².